The summed E-state index contributed by atoms with van der Waals surface area (Å²) in [5, 5.41) is 2.24. The Morgan fingerprint density at radius 1 is 1.16 bits per heavy atom. The Labute approximate surface area is 153 Å². The fourth-order valence-electron chi connectivity index (χ4n) is 3.93. The summed E-state index contributed by atoms with van der Waals surface area (Å²) in [5.74, 6) is 0.292. The van der Waals surface area contributed by atoms with Gasteiger partial charge in [-0.1, -0.05) is 41.7 Å². The van der Waals surface area contributed by atoms with Crippen LogP contribution in [0.2, 0.25) is 0 Å². The molecule has 0 saturated carbocycles. The Morgan fingerprint density at radius 2 is 1.88 bits per heavy atom. The smallest absolute Gasteiger partial charge is 0.245 e. The van der Waals surface area contributed by atoms with Gasteiger partial charge in [-0.15, -0.1) is 0 Å². The molecule has 1 amide bonds. The summed E-state index contributed by atoms with van der Waals surface area (Å²) in [6.07, 6.45) is 4.26. The van der Waals surface area contributed by atoms with Crippen molar-refractivity contribution in [3.05, 3.63) is 36.0 Å². The van der Waals surface area contributed by atoms with Crippen LogP contribution in [-0.2, 0) is 11.2 Å². The number of carbonyl (C=O) groups excluding carboxylic acids is 1. The van der Waals surface area contributed by atoms with Crippen molar-refractivity contribution in [3.8, 4) is 10.6 Å². The van der Waals surface area contributed by atoms with Gasteiger partial charge in [0.2, 0.25) is 5.91 Å². The summed E-state index contributed by atoms with van der Waals surface area (Å²) in [6.45, 7) is 6.18. The molecule has 1 saturated heterocycles. The average Bonchev–Trinajstić information content (AvgIpc) is 3.20. The Hall–Kier alpha value is -1.88. The van der Waals surface area contributed by atoms with Crippen LogP contribution in [0.15, 0.2) is 30.3 Å². The summed E-state index contributed by atoms with van der Waals surface area (Å²) >= 11 is 1.72. The van der Waals surface area contributed by atoms with Gasteiger partial charge in [0.1, 0.15) is 16.1 Å². The van der Waals surface area contributed by atoms with E-state index in [-0.39, 0.29) is 6.04 Å². The summed E-state index contributed by atoms with van der Waals surface area (Å²) in [5.41, 5.74) is 2.25. The maximum atomic E-state index is 13.1. The molecular formula is C20H25N3OS. The lowest BCUT2D eigenvalue weighted by Gasteiger charge is -2.35. The molecule has 1 aromatic heterocycles. The van der Waals surface area contributed by atoms with E-state index in [0.29, 0.717) is 11.9 Å². The van der Waals surface area contributed by atoms with Crippen molar-refractivity contribution in [2.45, 2.75) is 51.6 Å². The molecule has 0 N–H and O–H groups in total. The Morgan fingerprint density at radius 3 is 2.56 bits per heavy atom. The van der Waals surface area contributed by atoms with Crippen molar-refractivity contribution in [1.29, 1.82) is 0 Å². The van der Waals surface area contributed by atoms with Gasteiger partial charge in [0.15, 0.2) is 0 Å². The minimum atomic E-state index is -0.0725. The van der Waals surface area contributed by atoms with Crippen LogP contribution >= 0.6 is 11.3 Å². The van der Waals surface area contributed by atoms with Crippen LogP contribution < -0.4 is 4.90 Å². The van der Waals surface area contributed by atoms with Crippen molar-refractivity contribution in [3.63, 3.8) is 0 Å². The van der Waals surface area contributed by atoms with Crippen molar-refractivity contribution < 1.29 is 4.79 Å². The molecule has 25 heavy (non-hydrogen) atoms. The summed E-state index contributed by atoms with van der Waals surface area (Å²) in [7, 11) is 0. The number of thiazole rings is 1. The van der Waals surface area contributed by atoms with Gasteiger partial charge >= 0.3 is 0 Å². The second-order valence-electron chi connectivity index (χ2n) is 7.24. The monoisotopic (exact) mass is 355 g/mol. The quantitative estimate of drug-likeness (QED) is 0.836. The molecular weight excluding hydrogens is 330 g/mol. The fraction of sp³-hybridized carbons (Fsp3) is 0.500. The number of piperidine rings is 1. The van der Waals surface area contributed by atoms with E-state index in [1.165, 1.54) is 11.4 Å². The summed E-state index contributed by atoms with van der Waals surface area (Å²) < 4.78 is 0. The lowest BCUT2D eigenvalue weighted by atomic mass is 10.1. The zero-order chi connectivity index (χ0) is 17.4. The van der Waals surface area contributed by atoms with Crippen LogP contribution in [0.25, 0.3) is 10.6 Å². The molecule has 0 bridgehead atoms. The van der Waals surface area contributed by atoms with E-state index in [1.54, 1.807) is 11.3 Å². The van der Waals surface area contributed by atoms with Crippen molar-refractivity contribution in [1.82, 2.24) is 9.88 Å². The number of hydrogen-bond acceptors (Lipinski definition) is 4. The Bertz CT molecular complexity index is 750. The summed E-state index contributed by atoms with van der Waals surface area (Å²) in [4.78, 5) is 22.3. The maximum Gasteiger partial charge on any atom is 0.245 e. The van der Waals surface area contributed by atoms with Crippen molar-refractivity contribution >= 4 is 22.2 Å². The van der Waals surface area contributed by atoms with Gasteiger partial charge in [-0.2, -0.15) is 0 Å². The molecule has 4 nitrogen and oxygen atoms in total. The SMILES string of the molecule is CC(C)N1c2sc(-c3ccccc3)nc2C[C@@H]1C(=O)N1CCCCC1. The Kier molecular flexibility index (Phi) is 4.50. The molecule has 5 heteroatoms. The number of aromatic nitrogens is 1. The first-order valence-electron chi connectivity index (χ1n) is 9.27. The van der Waals surface area contributed by atoms with Gasteiger partial charge < -0.3 is 9.80 Å². The molecule has 0 aliphatic carbocycles. The van der Waals surface area contributed by atoms with Gasteiger partial charge in [-0.3, -0.25) is 4.79 Å². The number of likely N-dealkylation sites (tertiary alicyclic amines) is 1. The van der Waals surface area contributed by atoms with E-state index in [2.05, 4.69) is 35.8 Å². The van der Waals surface area contributed by atoms with Crippen LogP contribution in [0.5, 0.6) is 0 Å². The molecule has 1 atom stereocenters. The highest BCUT2D eigenvalue weighted by molar-refractivity contribution is 7.19. The topological polar surface area (TPSA) is 36.4 Å². The third kappa shape index (κ3) is 3.06. The largest absolute Gasteiger partial charge is 0.347 e. The van der Waals surface area contributed by atoms with E-state index in [9.17, 15) is 4.79 Å². The maximum absolute atomic E-state index is 13.1. The van der Waals surface area contributed by atoms with Gasteiger partial charge in [0, 0.05) is 31.1 Å². The van der Waals surface area contributed by atoms with Gasteiger partial charge in [0.05, 0.1) is 5.69 Å². The molecule has 1 fully saturated rings. The first kappa shape index (κ1) is 16.6. The van der Waals surface area contributed by atoms with E-state index in [1.807, 2.05) is 18.2 Å². The van der Waals surface area contributed by atoms with Crippen LogP contribution in [0.3, 0.4) is 0 Å². The Balaban J connectivity index is 1.61. The number of hydrogen-bond donors (Lipinski definition) is 0. The molecule has 3 heterocycles. The van der Waals surface area contributed by atoms with Gasteiger partial charge in [-0.25, -0.2) is 4.98 Å². The predicted octanol–water partition coefficient (Wildman–Crippen LogP) is 3.96. The molecule has 2 aromatic rings. The number of rotatable bonds is 3. The van der Waals surface area contributed by atoms with E-state index in [0.717, 1.165) is 48.6 Å². The third-order valence-corrected chi connectivity index (χ3v) is 6.32. The molecule has 4 rings (SSSR count). The van der Waals surface area contributed by atoms with Crippen molar-refractivity contribution in [2.24, 2.45) is 0 Å². The third-order valence-electron chi connectivity index (χ3n) is 5.16. The highest BCUT2D eigenvalue weighted by atomic mass is 32.1. The molecule has 2 aliphatic heterocycles. The number of amides is 1. The molecule has 0 unspecified atom stereocenters. The fourth-order valence-corrected chi connectivity index (χ4v) is 5.21. The van der Waals surface area contributed by atoms with Crippen LogP contribution in [0, 0.1) is 0 Å². The average molecular weight is 356 g/mol. The highest BCUT2D eigenvalue weighted by Gasteiger charge is 2.40. The predicted molar refractivity (Wildman–Crippen MR) is 103 cm³/mol. The molecule has 2 aliphatic rings. The van der Waals surface area contributed by atoms with E-state index < -0.39 is 0 Å². The molecule has 132 valence electrons. The van der Waals surface area contributed by atoms with Gasteiger partial charge in [0.25, 0.3) is 0 Å². The second-order valence-corrected chi connectivity index (χ2v) is 8.22. The first-order valence-corrected chi connectivity index (χ1v) is 10.1. The van der Waals surface area contributed by atoms with Gasteiger partial charge in [-0.05, 0) is 33.1 Å². The first-order chi connectivity index (χ1) is 12.1. The highest BCUT2D eigenvalue weighted by Crippen LogP contribution is 2.42. The molecule has 1 aromatic carbocycles. The lowest BCUT2D eigenvalue weighted by Crippen LogP contribution is -2.51. The molecule has 0 spiro atoms. The number of nitrogens with zero attached hydrogens (tertiary/aromatic N) is 3. The second kappa shape index (κ2) is 6.79. The molecule has 0 radical (unpaired) electrons. The number of benzene rings is 1. The van der Waals surface area contributed by atoms with Crippen LogP contribution in [0.4, 0.5) is 5.00 Å². The summed E-state index contributed by atoms with van der Waals surface area (Å²) in [6, 6.07) is 10.5. The van der Waals surface area contributed by atoms with Crippen molar-refractivity contribution in [2.75, 3.05) is 18.0 Å². The van der Waals surface area contributed by atoms with Crippen LogP contribution in [-0.4, -0.2) is 41.0 Å². The van der Waals surface area contributed by atoms with E-state index in [4.69, 9.17) is 4.98 Å². The lowest BCUT2D eigenvalue weighted by molar-refractivity contribution is -0.133. The minimum absolute atomic E-state index is 0.0725. The van der Waals surface area contributed by atoms with Crippen LogP contribution in [0.1, 0.15) is 38.8 Å². The number of carbonyl (C=O) groups is 1. The zero-order valence-corrected chi connectivity index (χ0v) is 15.8. The van der Waals surface area contributed by atoms with E-state index >= 15 is 0 Å². The standard InChI is InChI=1S/C20H25N3OS/c1-14(2)23-17(19(24)22-11-7-4-8-12-22)13-16-20(23)25-18(21-16)15-9-5-3-6-10-15/h3,5-6,9-10,14,17H,4,7-8,11-13H2,1-2H3/t17-/m1/s1. The minimum Gasteiger partial charge on any atom is -0.347 e. The zero-order valence-electron chi connectivity index (χ0n) is 14.9. The normalized spacial score (nSPS) is 20.2. The number of fused-ring (bicyclic) bond motifs is 1. The number of anilines is 1.